The Morgan fingerprint density at radius 1 is 1.67 bits per heavy atom. The molecule has 0 N–H and O–H groups in total. The minimum absolute atomic E-state index is 0.499. The lowest BCUT2D eigenvalue weighted by Gasteiger charge is -2.05. The molecule has 3 unspecified atom stereocenters. The highest BCUT2D eigenvalue weighted by Gasteiger charge is 2.38. The third-order valence-electron chi connectivity index (χ3n) is 2.46. The molecule has 0 bridgehead atoms. The van der Waals surface area contributed by atoms with E-state index in [0.717, 1.165) is 0 Å². The van der Waals surface area contributed by atoms with Crippen molar-refractivity contribution >= 4 is 11.3 Å². The van der Waals surface area contributed by atoms with Crippen LogP contribution < -0.4 is 0 Å². The van der Waals surface area contributed by atoms with Crippen LogP contribution in [0.3, 0.4) is 0 Å². The van der Waals surface area contributed by atoms with Crippen molar-refractivity contribution in [2.24, 2.45) is 5.92 Å². The van der Waals surface area contributed by atoms with Gasteiger partial charge in [0, 0.05) is 0 Å². The molecule has 1 aromatic heterocycles. The average molecular weight is 182 g/mol. The molecule has 3 atom stereocenters. The van der Waals surface area contributed by atoms with Crippen LogP contribution in [0.2, 0.25) is 0 Å². The highest BCUT2D eigenvalue weighted by molar-refractivity contribution is 7.07. The summed E-state index contributed by atoms with van der Waals surface area (Å²) in [5, 5.41) is 4.36. The van der Waals surface area contributed by atoms with Gasteiger partial charge >= 0.3 is 0 Å². The number of epoxide rings is 1. The van der Waals surface area contributed by atoms with Crippen LogP contribution >= 0.6 is 11.3 Å². The van der Waals surface area contributed by atoms with Crippen LogP contribution in [-0.4, -0.2) is 12.2 Å². The van der Waals surface area contributed by atoms with E-state index in [1.165, 1.54) is 12.0 Å². The van der Waals surface area contributed by atoms with Crippen molar-refractivity contribution in [2.45, 2.75) is 32.5 Å². The summed E-state index contributed by atoms with van der Waals surface area (Å²) >= 11 is 1.77. The second kappa shape index (κ2) is 3.19. The first kappa shape index (κ1) is 8.27. The summed E-state index contributed by atoms with van der Waals surface area (Å²) in [7, 11) is 0. The zero-order valence-corrected chi connectivity index (χ0v) is 8.30. The molecule has 1 aliphatic rings. The number of ether oxygens (including phenoxy) is 1. The summed E-state index contributed by atoms with van der Waals surface area (Å²) in [5.74, 6) is 0.676. The topological polar surface area (TPSA) is 12.5 Å². The summed E-state index contributed by atoms with van der Waals surface area (Å²) in [5.41, 5.74) is 1.45. The minimum atomic E-state index is 0.499. The average Bonchev–Trinajstić information content (AvgIpc) is 2.58. The van der Waals surface area contributed by atoms with Crippen LogP contribution in [0.1, 0.15) is 19.4 Å². The number of hydrogen-bond donors (Lipinski definition) is 0. The predicted octanol–water partition coefficient (Wildman–Crippen LogP) is 2.71. The zero-order valence-electron chi connectivity index (χ0n) is 7.49. The molecule has 0 amide bonds. The van der Waals surface area contributed by atoms with E-state index in [-0.39, 0.29) is 0 Å². The zero-order chi connectivity index (χ0) is 8.55. The van der Waals surface area contributed by atoms with Gasteiger partial charge in [0.1, 0.15) is 0 Å². The quantitative estimate of drug-likeness (QED) is 0.655. The van der Waals surface area contributed by atoms with Gasteiger partial charge in [0.05, 0.1) is 12.2 Å². The largest absolute Gasteiger partial charge is 0.370 e. The minimum Gasteiger partial charge on any atom is -0.370 e. The van der Waals surface area contributed by atoms with E-state index < -0.39 is 0 Å². The first-order valence-corrected chi connectivity index (χ1v) is 5.38. The maximum atomic E-state index is 5.43. The van der Waals surface area contributed by atoms with Crippen molar-refractivity contribution in [1.29, 1.82) is 0 Å². The number of hydrogen-bond acceptors (Lipinski definition) is 2. The maximum absolute atomic E-state index is 5.43. The molecule has 2 heterocycles. The summed E-state index contributed by atoms with van der Waals surface area (Å²) in [6.07, 6.45) is 2.18. The molecule has 1 aromatic rings. The van der Waals surface area contributed by atoms with Crippen LogP contribution in [0, 0.1) is 5.92 Å². The van der Waals surface area contributed by atoms with E-state index in [0.29, 0.717) is 18.1 Å². The molecule has 66 valence electrons. The Hall–Kier alpha value is -0.340. The van der Waals surface area contributed by atoms with Gasteiger partial charge in [0.25, 0.3) is 0 Å². The molecule has 0 aromatic carbocycles. The Morgan fingerprint density at radius 2 is 2.42 bits per heavy atom. The lowest BCUT2D eigenvalue weighted by Crippen LogP contribution is -2.08. The van der Waals surface area contributed by atoms with E-state index in [9.17, 15) is 0 Å². The monoisotopic (exact) mass is 182 g/mol. The van der Waals surface area contributed by atoms with Gasteiger partial charge < -0.3 is 4.74 Å². The Bertz CT molecular complexity index is 242. The van der Waals surface area contributed by atoms with Gasteiger partial charge in [0.2, 0.25) is 0 Å². The molecule has 12 heavy (non-hydrogen) atoms. The van der Waals surface area contributed by atoms with Crippen molar-refractivity contribution < 1.29 is 4.74 Å². The van der Waals surface area contributed by atoms with E-state index in [4.69, 9.17) is 4.74 Å². The van der Waals surface area contributed by atoms with E-state index in [1.807, 2.05) is 0 Å². The molecular weight excluding hydrogens is 168 g/mol. The van der Waals surface area contributed by atoms with Crippen molar-refractivity contribution in [1.82, 2.24) is 0 Å². The van der Waals surface area contributed by atoms with Crippen molar-refractivity contribution in [2.75, 3.05) is 0 Å². The van der Waals surface area contributed by atoms with E-state index in [2.05, 4.69) is 30.7 Å². The predicted molar refractivity (Wildman–Crippen MR) is 51.5 cm³/mol. The standard InChI is InChI=1S/C10H14OS/c1-7(10-8(2)11-10)5-9-3-4-12-6-9/h3-4,6-8,10H,5H2,1-2H3. The number of thiophene rings is 1. The molecular formula is C10H14OS. The summed E-state index contributed by atoms with van der Waals surface area (Å²) in [6, 6.07) is 2.20. The third-order valence-corrected chi connectivity index (χ3v) is 3.19. The fourth-order valence-corrected chi connectivity index (χ4v) is 2.38. The Morgan fingerprint density at radius 3 is 2.92 bits per heavy atom. The smallest absolute Gasteiger partial charge is 0.0867 e. The summed E-state index contributed by atoms with van der Waals surface area (Å²) in [6.45, 7) is 4.42. The van der Waals surface area contributed by atoms with Crippen LogP contribution in [0.25, 0.3) is 0 Å². The van der Waals surface area contributed by atoms with Crippen LogP contribution in [0.5, 0.6) is 0 Å². The normalized spacial score (nSPS) is 30.2. The van der Waals surface area contributed by atoms with Gasteiger partial charge in [0.15, 0.2) is 0 Å². The highest BCUT2D eigenvalue weighted by atomic mass is 32.1. The maximum Gasteiger partial charge on any atom is 0.0867 e. The molecule has 1 saturated heterocycles. The molecule has 2 heteroatoms. The molecule has 0 spiro atoms. The number of rotatable bonds is 3. The second-order valence-electron chi connectivity index (χ2n) is 3.62. The summed E-state index contributed by atoms with van der Waals surface area (Å²) < 4.78 is 5.43. The van der Waals surface area contributed by atoms with Crippen LogP contribution in [0.4, 0.5) is 0 Å². The van der Waals surface area contributed by atoms with Gasteiger partial charge in [-0.1, -0.05) is 6.92 Å². The lowest BCUT2D eigenvalue weighted by molar-refractivity contribution is 0.328. The molecule has 0 radical (unpaired) electrons. The second-order valence-corrected chi connectivity index (χ2v) is 4.40. The van der Waals surface area contributed by atoms with Crippen LogP contribution in [0.15, 0.2) is 16.8 Å². The van der Waals surface area contributed by atoms with E-state index in [1.54, 1.807) is 11.3 Å². The highest BCUT2D eigenvalue weighted by Crippen LogP contribution is 2.31. The lowest BCUT2D eigenvalue weighted by atomic mass is 9.99. The van der Waals surface area contributed by atoms with Gasteiger partial charge in [-0.25, -0.2) is 0 Å². The van der Waals surface area contributed by atoms with Gasteiger partial charge in [-0.15, -0.1) is 0 Å². The molecule has 1 aliphatic heterocycles. The fraction of sp³-hybridized carbons (Fsp3) is 0.600. The first-order chi connectivity index (χ1) is 5.77. The SMILES string of the molecule is CC(Cc1ccsc1)C1OC1C. The van der Waals surface area contributed by atoms with Gasteiger partial charge in [-0.3, -0.25) is 0 Å². The molecule has 1 nitrogen and oxygen atoms in total. The molecule has 1 fully saturated rings. The Balaban J connectivity index is 1.87. The van der Waals surface area contributed by atoms with Gasteiger partial charge in [-0.05, 0) is 41.7 Å². The van der Waals surface area contributed by atoms with Crippen molar-refractivity contribution in [3.05, 3.63) is 22.4 Å². The van der Waals surface area contributed by atoms with Crippen LogP contribution in [-0.2, 0) is 11.2 Å². The molecule has 2 rings (SSSR count). The molecule has 0 saturated carbocycles. The van der Waals surface area contributed by atoms with E-state index >= 15 is 0 Å². The van der Waals surface area contributed by atoms with Crippen molar-refractivity contribution in [3.8, 4) is 0 Å². The Labute approximate surface area is 77.4 Å². The van der Waals surface area contributed by atoms with Crippen molar-refractivity contribution in [3.63, 3.8) is 0 Å². The summed E-state index contributed by atoms with van der Waals surface area (Å²) in [4.78, 5) is 0. The Kier molecular flexibility index (Phi) is 2.20. The van der Waals surface area contributed by atoms with Gasteiger partial charge in [-0.2, -0.15) is 11.3 Å². The fourth-order valence-electron chi connectivity index (χ4n) is 1.70. The third kappa shape index (κ3) is 1.70. The first-order valence-electron chi connectivity index (χ1n) is 4.44. The molecule has 0 aliphatic carbocycles.